The number of hydrogen-bond donors (Lipinski definition) is 2. The van der Waals surface area contributed by atoms with Crippen molar-refractivity contribution in [3.8, 4) is 0 Å². The minimum Gasteiger partial charge on any atom is -0.385 e. The molecule has 0 aliphatic carbocycles. The smallest absolute Gasteiger partial charge is 0.158 e. The molecule has 0 radical (unpaired) electrons. The van der Waals surface area contributed by atoms with Gasteiger partial charge in [-0.05, 0) is 26.2 Å². The van der Waals surface area contributed by atoms with Gasteiger partial charge in [0.25, 0.3) is 0 Å². The summed E-state index contributed by atoms with van der Waals surface area (Å²) in [5.41, 5.74) is 5.51. The molecule has 0 heterocycles. The van der Waals surface area contributed by atoms with Crippen LogP contribution in [0.5, 0.6) is 0 Å². The third-order valence-electron chi connectivity index (χ3n) is 1.70. The molecule has 11 heavy (non-hydrogen) atoms. The third-order valence-corrected chi connectivity index (χ3v) is 1.70. The van der Waals surface area contributed by atoms with Crippen LogP contribution in [0.15, 0.2) is 0 Å². The van der Waals surface area contributed by atoms with Crippen molar-refractivity contribution < 1.29 is 9.90 Å². The minimum absolute atomic E-state index is 0.0347. The van der Waals surface area contributed by atoms with Gasteiger partial charge in [-0.1, -0.05) is 6.92 Å². The summed E-state index contributed by atoms with van der Waals surface area (Å²) in [6, 6.07) is 0.0407. The molecule has 0 aromatic carbocycles. The van der Waals surface area contributed by atoms with E-state index in [0.717, 1.165) is 0 Å². The molecule has 0 aromatic heterocycles. The van der Waals surface area contributed by atoms with Crippen molar-refractivity contribution in [2.24, 2.45) is 11.7 Å². The summed E-state index contributed by atoms with van der Waals surface area (Å²) in [4.78, 5) is 10.7. The van der Waals surface area contributed by atoms with E-state index in [0.29, 0.717) is 6.42 Å². The molecule has 66 valence electrons. The number of aliphatic hydroxyl groups is 1. The second kappa shape index (κ2) is 4.46. The molecular formula is C8H17NO2. The largest absolute Gasteiger partial charge is 0.385 e. The lowest BCUT2D eigenvalue weighted by Crippen LogP contribution is -2.30. The number of nitrogens with two attached hydrogens (primary N) is 1. The molecule has 0 aliphatic rings. The number of rotatable bonds is 4. The average molecular weight is 159 g/mol. The lowest BCUT2D eigenvalue weighted by Gasteiger charge is -2.17. The van der Waals surface area contributed by atoms with E-state index in [1.165, 1.54) is 6.92 Å². The van der Waals surface area contributed by atoms with Crippen LogP contribution < -0.4 is 5.73 Å². The lowest BCUT2D eigenvalue weighted by molar-refractivity contribution is -0.127. The fraction of sp³-hybridized carbons (Fsp3) is 0.875. The normalized spacial score (nSPS) is 19.0. The van der Waals surface area contributed by atoms with Crippen LogP contribution in [0.4, 0.5) is 0 Å². The van der Waals surface area contributed by atoms with E-state index < -0.39 is 6.10 Å². The van der Waals surface area contributed by atoms with Crippen molar-refractivity contribution in [3.05, 3.63) is 0 Å². The summed E-state index contributed by atoms with van der Waals surface area (Å²) in [5.74, 6) is -0.217. The summed E-state index contributed by atoms with van der Waals surface area (Å²) < 4.78 is 0. The highest BCUT2D eigenvalue weighted by molar-refractivity contribution is 5.80. The van der Waals surface area contributed by atoms with Crippen LogP contribution in [-0.4, -0.2) is 23.0 Å². The fourth-order valence-electron chi connectivity index (χ4n) is 1.12. The average Bonchev–Trinajstić information content (AvgIpc) is 1.84. The molecule has 3 atom stereocenters. The van der Waals surface area contributed by atoms with E-state index in [1.807, 2.05) is 13.8 Å². The van der Waals surface area contributed by atoms with E-state index in [-0.39, 0.29) is 17.7 Å². The summed E-state index contributed by atoms with van der Waals surface area (Å²) in [5, 5.41) is 9.24. The second-order valence-corrected chi connectivity index (χ2v) is 3.25. The van der Waals surface area contributed by atoms with E-state index in [4.69, 9.17) is 5.73 Å². The number of aliphatic hydroxyl groups excluding tert-OH is 1. The van der Waals surface area contributed by atoms with Crippen LogP contribution in [0.25, 0.3) is 0 Å². The van der Waals surface area contributed by atoms with Crippen molar-refractivity contribution in [2.75, 3.05) is 0 Å². The van der Waals surface area contributed by atoms with Gasteiger partial charge >= 0.3 is 0 Å². The minimum atomic E-state index is -0.846. The van der Waals surface area contributed by atoms with Gasteiger partial charge in [-0.3, -0.25) is 4.79 Å². The molecule has 0 bridgehead atoms. The standard InChI is InChI=1S/C8H17NO2/c1-5(4-6(2)9)8(11)7(3)10/h5-6,8,11H,4,9H2,1-3H3. The molecule has 3 unspecified atom stereocenters. The maximum atomic E-state index is 10.7. The molecule has 0 spiro atoms. The van der Waals surface area contributed by atoms with Crippen LogP contribution in [0.2, 0.25) is 0 Å². The summed E-state index contributed by atoms with van der Waals surface area (Å²) in [6.45, 7) is 5.08. The van der Waals surface area contributed by atoms with Crippen molar-refractivity contribution in [2.45, 2.75) is 39.3 Å². The van der Waals surface area contributed by atoms with Gasteiger partial charge in [0.1, 0.15) is 6.10 Å². The Labute approximate surface area is 67.6 Å². The van der Waals surface area contributed by atoms with Crippen LogP contribution in [0.3, 0.4) is 0 Å². The predicted molar refractivity (Wildman–Crippen MR) is 44.1 cm³/mol. The van der Waals surface area contributed by atoms with Gasteiger partial charge in [0.05, 0.1) is 0 Å². The Bertz CT molecular complexity index is 134. The van der Waals surface area contributed by atoms with Gasteiger partial charge in [0.15, 0.2) is 5.78 Å². The van der Waals surface area contributed by atoms with Gasteiger partial charge in [-0.15, -0.1) is 0 Å². The SMILES string of the molecule is CC(=O)C(O)C(C)CC(C)N. The van der Waals surface area contributed by atoms with Gasteiger partial charge in [0, 0.05) is 6.04 Å². The Morgan fingerprint density at radius 2 is 2.00 bits per heavy atom. The Balaban J connectivity index is 3.82. The Hall–Kier alpha value is -0.410. The first-order chi connectivity index (χ1) is 4.95. The highest BCUT2D eigenvalue weighted by Gasteiger charge is 2.19. The number of carbonyl (C=O) groups excluding carboxylic acids is 1. The molecule has 3 heteroatoms. The topological polar surface area (TPSA) is 63.3 Å². The number of ketones is 1. The summed E-state index contributed by atoms with van der Waals surface area (Å²) in [7, 11) is 0. The van der Waals surface area contributed by atoms with E-state index in [9.17, 15) is 9.90 Å². The predicted octanol–water partition coefficient (Wildman–Crippen LogP) is 0.310. The molecule has 0 aromatic rings. The second-order valence-electron chi connectivity index (χ2n) is 3.25. The van der Waals surface area contributed by atoms with Crippen LogP contribution in [-0.2, 0) is 4.79 Å². The van der Waals surface area contributed by atoms with Gasteiger partial charge < -0.3 is 10.8 Å². The van der Waals surface area contributed by atoms with Gasteiger partial charge in [-0.25, -0.2) is 0 Å². The molecule has 0 rings (SSSR count). The quantitative estimate of drug-likeness (QED) is 0.620. The van der Waals surface area contributed by atoms with Crippen molar-refractivity contribution in [1.82, 2.24) is 0 Å². The number of hydrogen-bond acceptors (Lipinski definition) is 3. The molecule has 0 aliphatic heterocycles. The zero-order chi connectivity index (χ0) is 9.02. The van der Waals surface area contributed by atoms with Gasteiger partial charge in [-0.2, -0.15) is 0 Å². The first-order valence-corrected chi connectivity index (χ1v) is 3.89. The molecule has 0 amide bonds. The Morgan fingerprint density at radius 3 is 2.27 bits per heavy atom. The van der Waals surface area contributed by atoms with Crippen molar-refractivity contribution >= 4 is 5.78 Å². The third kappa shape index (κ3) is 4.11. The summed E-state index contributed by atoms with van der Waals surface area (Å²) in [6.07, 6.45) is -0.165. The fourth-order valence-corrected chi connectivity index (χ4v) is 1.12. The maximum Gasteiger partial charge on any atom is 0.158 e. The molecule has 3 N–H and O–H groups in total. The van der Waals surface area contributed by atoms with Crippen LogP contribution >= 0.6 is 0 Å². The van der Waals surface area contributed by atoms with Crippen molar-refractivity contribution in [3.63, 3.8) is 0 Å². The lowest BCUT2D eigenvalue weighted by atomic mass is 9.95. The van der Waals surface area contributed by atoms with E-state index >= 15 is 0 Å². The Morgan fingerprint density at radius 1 is 1.55 bits per heavy atom. The van der Waals surface area contributed by atoms with Crippen molar-refractivity contribution in [1.29, 1.82) is 0 Å². The first-order valence-electron chi connectivity index (χ1n) is 3.89. The highest BCUT2D eigenvalue weighted by atomic mass is 16.3. The molecule has 0 saturated heterocycles. The van der Waals surface area contributed by atoms with Crippen LogP contribution in [0.1, 0.15) is 27.2 Å². The first kappa shape index (κ1) is 10.6. The van der Waals surface area contributed by atoms with E-state index in [2.05, 4.69) is 0 Å². The van der Waals surface area contributed by atoms with Gasteiger partial charge in [0.2, 0.25) is 0 Å². The molecule has 3 nitrogen and oxygen atoms in total. The molecular weight excluding hydrogens is 142 g/mol. The van der Waals surface area contributed by atoms with Crippen LogP contribution in [0, 0.1) is 5.92 Å². The monoisotopic (exact) mass is 159 g/mol. The molecule has 0 saturated carbocycles. The number of Topliss-reactive ketones (excluding diaryl/α,β-unsaturated/α-hetero) is 1. The zero-order valence-corrected chi connectivity index (χ0v) is 7.37. The zero-order valence-electron chi connectivity index (χ0n) is 7.37. The Kier molecular flexibility index (Phi) is 4.30. The highest BCUT2D eigenvalue weighted by Crippen LogP contribution is 2.10. The summed E-state index contributed by atoms with van der Waals surface area (Å²) >= 11 is 0. The molecule has 0 fully saturated rings. The number of carbonyl (C=O) groups is 1. The maximum absolute atomic E-state index is 10.7. The van der Waals surface area contributed by atoms with E-state index in [1.54, 1.807) is 0 Å².